The van der Waals surface area contributed by atoms with Gasteiger partial charge in [-0.2, -0.15) is 0 Å². The van der Waals surface area contributed by atoms with Gasteiger partial charge in [0.15, 0.2) is 0 Å². The molecular formula is C13H18ClN3O. The molecule has 0 radical (unpaired) electrons. The minimum atomic E-state index is -0.205. The van der Waals surface area contributed by atoms with Crippen LogP contribution in [0.25, 0.3) is 0 Å². The summed E-state index contributed by atoms with van der Waals surface area (Å²) in [7, 11) is 0. The number of likely N-dealkylation sites (tertiary alicyclic amines) is 1. The van der Waals surface area contributed by atoms with Crippen molar-refractivity contribution in [3.8, 4) is 0 Å². The van der Waals surface area contributed by atoms with Gasteiger partial charge in [0, 0.05) is 23.8 Å². The van der Waals surface area contributed by atoms with Gasteiger partial charge in [0.25, 0.3) is 0 Å². The van der Waals surface area contributed by atoms with E-state index in [4.69, 9.17) is 23.1 Å². The van der Waals surface area contributed by atoms with Gasteiger partial charge < -0.3 is 11.5 Å². The predicted molar refractivity (Wildman–Crippen MR) is 73.1 cm³/mol. The van der Waals surface area contributed by atoms with Gasteiger partial charge in [-0.15, -0.1) is 0 Å². The molecule has 1 aliphatic heterocycles. The molecule has 0 bridgehead atoms. The molecule has 98 valence electrons. The molecule has 1 aromatic rings. The fraction of sp³-hybridized carbons (Fsp3) is 0.462. The van der Waals surface area contributed by atoms with E-state index in [0.29, 0.717) is 10.7 Å². The van der Waals surface area contributed by atoms with Gasteiger partial charge in [0.2, 0.25) is 5.91 Å². The van der Waals surface area contributed by atoms with Crippen LogP contribution in [-0.4, -0.2) is 23.9 Å². The van der Waals surface area contributed by atoms with E-state index in [9.17, 15) is 4.79 Å². The molecule has 0 aromatic heterocycles. The van der Waals surface area contributed by atoms with E-state index in [1.54, 1.807) is 6.07 Å². The molecule has 2 rings (SSSR count). The highest BCUT2D eigenvalue weighted by molar-refractivity contribution is 6.31. The molecule has 18 heavy (non-hydrogen) atoms. The summed E-state index contributed by atoms with van der Waals surface area (Å²) in [5, 5.41) is 0.677. The van der Waals surface area contributed by atoms with E-state index >= 15 is 0 Å². The fourth-order valence-corrected chi connectivity index (χ4v) is 2.61. The number of nitrogens with two attached hydrogens (primary N) is 2. The van der Waals surface area contributed by atoms with Crippen molar-refractivity contribution in [1.29, 1.82) is 0 Å². The summed E-state index contributed by atoms with van der Waals surface area (Å²) >= 11 is 6.15. The Balaban J connectivity index is 2.02. The van der Waals surface area contributed by atoms with E-state index in [-0.39, 0.29) is 11.8 Å². The highest BCUT2D eigenvalue weighted by Crippen LogP contribution is 2.23. The van der Waals surface area contributed by atoms with Crippen molar-refractivity contribution in [2.24, 2.45) is 11.7 Å². The Labute approximate surface area is 112 Å². The van der Waals surface area contributed by atoms with Crippen LogP contribution in [0, 0.1) is 5.92 Å². The Hall–Kier alpha value is -1.26. The summed E-state index contributed by atoms with van der Waals surface area (Å²) in [4.78, 5) is 13.4. The number of piperidine rings is 1. The Kier molecular flexibility index (Phi) is 4.09. The average molecular weight is 268 g/mol. The SMILES string of the molecule is NC(=O)C1CCCN(Cc2ccc(N)cc2Cl)C1. The topological polar surface area (TPSA) is 72.4 Å². The molecule has 1 unspecified atom stereocenters. The highest BCUT2D eigenvalue weighted by Gasteiger charge is 2.24. The first-order valence-electron chi connectivity index (χ1n) is 6.12. The van der Waals surface area contributed by atoms with Crippen molar-refractivity contribution in [3.05, 3.63) is 28.8 Å². The van der Waals surface area contributed by atoms with Gasteiger partial charge in [-0.05, 0) is 37.1 Å². The van der Waals surface area contributed by atoms with Crippen molar-refractivity contribution in [1.82, 2.24) is 4.90 Å². The summed E-state index contributed by atoms with van der Waals surface area (Å²) in [6, 6.07) is 5.54. The molecule has 1 heterocycles. The summed E-state index contributed by atoms with van der Waals surface area (Å²) in [5.74, 6) is -0.241. The van der Waals surface area contributed by atoms with Crippen molar-refractivity contribution in [2.75, 3.05) is 18.8 Å². The third-order valence-corrected chi connectivity index (χ3v) is 3.73. The first-order valence-corrected chi connectivity index (χ1v) is 6.49. The van der Waals surface area contributed by atoms with Crippen LogP contribution in [0.2, 0.25) is 5.02 Å². The monoisotopic (exact) mass is 267 g/mol. The Bertz CT molecular complexity index is 450. The van der Waals surface area contributed by atoms with E-state index < -0.39 is 0 Å². The lowest BCUT2D eigenvalue weighted by Crippen LogP contribution is -2.40. The Morgan fingerprint density at radius 2 is 2.28 bits per heavy atom. The molecule has 5 heteroatoms. The predicted octanol–water partition coefficient (Wildman–Crippen LogP) is 1.62. The second-order valence-electron chi connectivity index (χ2n) is 4.83. The lowest BCUT2D eigenvalue weighted by atomic mass is 9.97. The van der Waals surface area contributed by atoms with Gasteiger partial charge in [0.1, 0.15) is 0 Å². The number of primary amides is 1. The molecule has 1 aromatic carbocycles. The molecule has 1 atom stereocenters. The summed E-state index contributed by atoms with van der Waals surface area (Å²) in [5.41, 5.74) is 12.7. The number of carbonyl (C=O) groups is 1. The van der Waals surface area contributed by atoms with Crippen LogP contribution in [0.15, 0.2) is 18.2 Å². The minimum Gasteiger partial charge on any atom is -0.399 e. The summed E-state index contributed by atoms with van der Waals surface area (Å²) in [6.07, 6.45) is 1.89. The number of nitrogens with zero attached hydrogens (tertiary/aromatic N) is 1. The molecule has 0 aliphatic carbocycles. The number of nitrogen functional groups attached to an aromatic ring is 1. The second-order valence-corrected chi connectivity index (χ2v) is 5.23. The van der Waals surface area contributed by atoms with Gasteiger partial charge in [-0.25, -0.2) is 0 Å². The maximum absolute atomic E-state index is 11.2. The number of amides is 1. The number of halogens is 1. The minimum absolute atomic E-state index is 0.0358. The average Bonchev–Trinajstić information content (AvgIpc) is 2.33. The third kappa shape index (κ3) is 3.15. The third-order valence-electron chi connectivity index (χ3n) is 3.38. The molecule has 1 amide bonds. The Morgan fingerprint density at radius 3 is 2.94 bits per heavy atom. The first-order chi connectivity index (χ1) is 8.56. The molecule has 1 fully saturated rings. The highest BCUT2D eigenvalue weighted by atomic mass is 35.5. The zero-order valence-electron chi connectivity index (χ0n) is 10.2. The van der Waals surface area contributed by atoms with Crippen LogP contribution < -0.4 is 11.5 Å². The lowest BCUT2D eigenvalue weighted by molar-refractivity contribution is -0.123. The van der Waals surface area contributed by atoms with Crippen LogP contribution in [0.3, 0.4) is 0 Å². The molecule has 0 spiro atoms. The zero-order chi connectivity index (χ0) is 13.1. The van der Waals surface area contributed by atoms with E-state index in [0.717, 1.165) is 38.0 Å². The summed E-state index contributed by atoms with van der Waals surface area (Å²) < 4.78 is 0. The van der Waals surface area contributed by atoms with E-state index in [2.05, 4.69) is 4.90 Å². The largest absolute Gasteiger partial charge is 0.399 e. The van der Waals surface area contributed by atoms with Crippen LogP contribution >= 0.6 is 11.6 Å². The summed E-state index contributed by atoms with van der Waals surface area (Å²) in [6.45, 7) is 2.43. The molecule has 1 aliphatic rings. The van der Waals surface area contributed by atoms with Crippen molar-refractivity contribution in [2.45, 2.75) is 19.4 Å². The fourth-order valence-electron chi connectivity index (χ4n) is 2.36. The second kappa shape index (κ2) is 5.59. The number of anilines is 1. The molecule has 0 saturated carbocycles. The van der Waals surface area contributed by atoms with Crippen LogP contribution in [0.5, 0.6) is 0 Å². The Morgan fingerprint density at radius 1 is 1.50 bits per heavy atom. The number of hydrogen-bond acceptors (Lipinski definition) is 3. The maximum Gasteiger partial charge on any atom is 0.221 e. The normalized spacial score (nSPS) is 20.8. The number of rotatable bonds is 3. The van der Waals surface area contributed by atoms with Crippen molar-refractivity contribution >= 4 is 23.2 Å². The van der Waals surface area contributed by atoms with Crippen LogP contribution in [-0.2, 0) is 11.3 Å². The maximum atomic E-state index is 11.2. The molecule has 1 saturated heterocycles. The lowest BCUT2D eigenvalue weighted by Gasteiger charge is -2.31. The van der Waals surface area contributed by atoms with E-state index in [1.165, 1.54) is 0 Å². The first kappa shape index (κ1) is 13.2. The van der Waals surface area contributed by atoms with Gasteiger partial charge in [0.05, 0.1) is 5.92 Å². The smallest absolute Gasteiger partial charge is 0.221 e. The van der Waals surface area contributed by atoms with Gasteiger partial charge in [-0.1, -0.05) is 17.7 Å². The van der Waals surface area contributed by atoms with Gasteiger partial charge >= 0.3 is 0 Å². The van der Waals surface area contributed by atoms with Crippen LogP contribution in [0.1, 0.15) is 18.4 Å². The molecule has 4 nitrogen and oxygen atoms in total. The van der Waals surface area contributed by atoms with Gasteiger partial charge in [-0.3, -0.25) is 9.69 Å². The van der Waals surface area contributed by atoms with E-state index in [1.807, 2.05) is 12.1 Å². The van der Waals surface area contributed by atoms with Crippen molar-refractivity contribution < 1.29 is 4.79 Å². The zero-order valence-corrected chi connectivity index (χ0v) is 11.0. The number of benzene rings is 1. The number of carbonyl (C=O) groups excluding carboxylic acids is 1. The molecular weight excluding hydrogens is 250 g/mol. The van der Waals surface area contributed by atoms with Crippen LogP contribution in [0.4, 0.5) is 5.69 Å². The molecule has 4 N–H and O–H groups in total. The standard InChI is InChI=1S/C13H18ClN3O/c14-12-6-11(15)4-3-9(12)7-17-5-1-2-10(8-17)13(16)18/h3-4,6,10H,1-2,5,7-8,15H2,(H2,16,18). The quantitative estimate of drug-likeness (QED) is 0.818. The number of hydrogen-bond donors (Lipinski definition) is 2. The van der Waals surface area contributed by atoms with Crippen molar-refractivity contribution in [3.63, 3.8) is 0 Å².